The predicted molar refractivity (Wildman–Crippen MR) is 146 cm³/mol. The molecule has 1 fully saturated rings. The number of piperidine rings is 1. The van der Waals surface area contributed by atoms with Gasteiger partial charge in [0.1, 0.15) is 5.82 Å². The Morgan fingerprint density at radius 1 is 1.09 bits per heavy atom. The van der Waals surface area contributed by atoms with Crippen LogP contribution in [0.3, 0.4) is 0 Å². The first kappa shape index (κ1) is 22.6. The number of anilines is 1. The molecule has 0 atom stereocenters. The molecule has 35 heavy (non-hydrogen) atoms. The van der Waals surface area contributed by atoms with Crippen LogP contribution >= 0.6 is 27.5 Å². The van der Waals surface area contributed by atoms with Gasteiger partial charge in [-0.05, 0) is 46.5 Å². The van der Waals surface area contributed by atoms with Crippen molar-refractivity contribution >= 4 is 49.9 Å². The lowest BCUT2D eigenvalue weighted by atomic mass is 10.0. The van der Waals surface area contributed by atoms with Crippen molar-refractivity contribution in [3.8, 4) is 11.3 Å². The third-order valence-corrected chi connectivity index (χ3v) is 7.78. The summed E-state index contributed by atoms with van der Waals surface area (Å²) in [4.78, 5) is 7.38. The molecule has 6 rings (SSSR count). The number of aryl methyl sites for hydroxylation is 1. The average Bonchev–Trinajstić information content (AvgIpc) is 3.40. The Morgan fingerprint density at radius 2 is 1.86 bits per heavy atom. The van der Waals surface area contributed by atoms with Crippen molar-refractivity contribution in [3.05, 3.63) is 82.0 Å². The molecule has 1 aliphatic heterocycles. The molecule has 0 unspecified atom stereocenters. The molecular formula is C27H26BrClN6. The molecule has 4 heterocycles. The van der Waals surface area contributed by atoms with E-state index >= 15 is 0 Å². The maximum absolute atomic E-state index is 6.49. The van der Waals surface area contributed by atoms with Crippen LogP contribution in [0, 0.1) is 0 Å². The average molecular weight is 550 g/mol. The van der Waals surface area contributed by atoms with E-state index in [-0.39, 0.29) is 0 Å². The van der Waals surface area contributed by atoms with Gasteiger partial charge >= 0.3 is 0 Å². The zero-order valence-electron chi connectivity index (χ0n) is 19.5. The summed E-state index contributed by atoms with van der Waals surface area (Å²) >= 11 is 10.1. The normalized spacial score (nSPS) is 15.3. The topological polar surface area (TPSA) is 50.4 Å². The number of hydrogen-bond acceptors (Lipinski definition) is 4. The van der Waals surface area contributed by atoms with Crippen LogP contribution in [-0.4, -0.2) is 43.2 Å². The molecule has 6 nitrogen and oxygen atoms in total. The summed E-state index contributed by atoms with van der Waals surface area (Å²) in [6, 6.07) is 18.9. The number of hydrogen-bond donors (Lipinski definition) is 1. The number of aromatic nitrogens is 4. The Balaban J connectivity index is 1.20. The van der Waals surface area contributed by atoms with Gasteiger partial charge < -0.3 is 9.88 Å². The summed E-state index contributed by atoms with van der Waals surface area (Å²) in [5.74, 6) is 0.933. The molecule has 0 amide bonds. The molecule has 178 valence electrons. The zero-order chi connectivity index (χ0) is 23.9. The van der Waals surface area contributed by atoms with Crippen LogP contribution in [0.4, 0.5) is 5.82 Å². The lowest BCUT2D eigenvalue weighted by molar-refractivity contribution is 0.211. The SMILES string of the molecule is Cn1cc(CN2CCC(Nc3cc(-c4ccccc4Cl)nc4c(Br)cnn34)CC2)c2ccccc21. The standard InChI is InChI=1S/C27H26BrClN6/c1-33-16-18(20-6-3-5-9-25(20)33)17-34-12-10-19(11-13-34)31-26-14-24(21-7-2-4-8-23(21)29)32-27-22(28)15-30-35(26)27/h2-9,14-16,19,31H,10-13,17H2,1H3. The number of fused-ring (bicyclic) bond motifs is 2. The van der Waals surface area contributed by atoms with E-state index in [0.717, 1.165) is 59.7 Å². The Hall–Kier alpha value is -2.87. The summed E-state index contributed by atoms with van der Waals surface area (Å²) in [6.07, 6.45) is 6.20. The molecule has 8 heteroatoms. The molecule has 0 saturated carbocycles. The van der Waals surface area contributed by atoms with Crippen LogP contribution in [0.25, 0.3) is 27.8 Å². The van der Waals surface area contributed by atoms with E-state index in [9.17, 15) is 0 Å². The lowest BCUT2D eigenvalue weighted by Gasteiger charge is -2.32. The fourth-order valence-electron chi connectivity index (χ4n) is 5.08. The Labute approximate surface area is 217 Å². The molecule has 1 aliphatic rings. The third-order valence-electron chi connectivity index (χ3n) is 6.89. The van der Waals surface area contributed by atoms with Crippen molar-refractivity contribution in [2.75, 3.05) is 18.4 Å². The van der Waals surface area contributed by atoms with E-state index in [1.165, 1.54) is 16.5 Å². The highest BCUT2D eigenvalue weighted by atomic mass is 79.9. The molecule has 5 aromatic rings. The summed E-state index contributed by atoms with van der Waals surface area (Å²) in [5.41, 5.74) is 5.22. The van der Waals surface area contributed by atoms with Gasteiger partial charge in [-0.15, -0.1) is 0 Å². The van der Waals surface area contributed by atoms with E-state index in [1.54, 1.807) is 6.20 Å². The van der Waals surface area contributed by atoms with Gasteiger partial charge in [0.25, 0.3) is 0 Å². The summed E-state index contributed by atoms with van der Waals surface area (Å²) in [6.45, 7) is 3.08. The number of para-hydroxylation sites is 1. The van der Waals surface area contributed by atoms with Gasteiger partial charge in [0.15, 0.2) is 5.65 Å². The number of likely N-dealkylation sites (tertiary alicyclic amines) is 1. The fourth-order valence-corrected chi connectivity index (χ4v) is 5.66. The summed E-state index contributed by atoms with van der Waals surface area (Å²) < 4.78 is 4.96. The van der Waals surface area contributed by atoms with Crippen LogP contribution in [-0.2, 0) is 13.6 Å². The Kier molecular flexibility index (Phi) is 6.00. The van der Waals surface area contributed by atoms with Crippen molar-refractivity contribution in [2.24, 2.45) is 7.05 Å². The fraction of sp³-hybridized carbons (Fsp3) is 0.259. The van der Waals surface area contributed by atoms with Gasteiger partial charge in [0, 0.05) is 66.5 Å². The lowest BCUT2D eigenvalue weighted by Crippen LogP contribution is -2.39. The minimum atomic E-state index is 0.367. The Morgan fingerprint density at radius 3 is 2.69 bits per heavy atom. The monoisotopic (exact) mass is 548 g/mol. The molecule has 0 radical (unpaired) electrons. The summed E-state index contributed by atoms with van der Waals surface area (Å²) in [5, 5.41) is 10.3. The van der Waals surface area contributed by atoms with E-state index in [2.05, 4.69) is 79.4 Å². The number of nitrogens with one attached hydrogen (secondary N) is 1. The second-order valence-corrected chi connectivity index (χ2v) is 10.5. The predicted octanol–water partition coefficient (Wildman–Crippen LogP) is 6.38. The van der Waals surface area contributed by atoms with Crippen LogP contribution in [0.1, 0.15) is 18.4 Å². The van der Waals surface area contributed by atoms with Crippen molar-refractivity contribution in [1.82, 2.24) is 24.1 Å². The second-order valence-electron chi connectivity index (χ2n) is 9.21. The maximum Gasteiger partial charge on any atom is 0.172 e. The van der Waals surface area contributed by atoms with Crippen molar-refractivity contribution in [2.45, 2.75) is 25.4 Å². The molecule has 2 aromatic carbocycles. The molecular weight excluding hydrogens is 524 g/mol. The van der Waals surface area contributed by atoms with Gasteiger partial charge in [-0.3, -0.25) is 4.90 Å². The third kappa shape index (κ3) is 4.33. The molecule has 0 spiro atoms. The minimum Gasteiger partial charge on any atom is -0.367 e. The zero-order valence-corrected chi connectivity index (χ0v) is 21.8. The van der Waals surface area contributed by atoms with Crippen molar-refractivity contribution < 1.29 is 0 Å². The molecule has 0 aliphatic carbocycles. The second kappa shape index (κ2) is 9.30. The largest absolute Gasteiger partial charge is 0.367 e. The van der Waals surface area contributed by atoms with E-state index in [1.807, 2.05) is 28.8 Å². The van der Waals surface area contributed by atoms with Crippen LogP contribution in [0.15, 0.2) is 71.5 Å². The first-order valence-corrected chi connectivity index (χ1v) is 13.0. The highest BCUT2D eigenvalue weighted by molar-refractivity contribution is 9.10. The molecule has 3 aromatic heterocycles. The van der Waals surface area contributed by atoms with Crippen molar-refractivity contribution in [1.29, 1.82) is 0 Å². The first-order valence-electron chi connectivity index (χ1n) is 11.9. The van der Waals surface area contributed by atoms with E-state index in [0.29, 0.717) is 11.1 Å². The van der Waals surface area contributed by atoms with Gasteiger partial charge in [-0.25, -0.2) is 4.98 Å². The smallest absolute Gasteiger partial charge is 0.172 e. The van der Waals surface area contributed by atoms with Crippen molar-refractivity contribution in [3.63, 3.8) is 0 Å². The molecule has 1 N–H and O–H groups in total. The molecule has 1 saturated heterocycles. The van der Waals surface area contributed by atoms with Gasteiger partial charge in [-0.1, -0.05) is 48.0 Å². The number of nitrogens with zero attached hydrogens (tertiary/aromatic N) is 5. The first-order chi connectivity index (χ1) is 17.1. The minimum absolute atomic E-state index is 0.367. The van der Waals surface area contributed by atoms with Gasteiger partial charge in [0.05, 0.1) is 16.4 Å². The van der Waals surface area contributed by atoms with Crippen LogP contribution < -0.4 is 5.32 Å². The van der Waals surface area contributed by atoms with E-state index < -0.39 is 0 Å². The Bertz CT molecular complexity index is 1520. The summed E-state index contributed by atoms with van der Waals surface area (Å²) in [7, 11) is 2.13. The number of rotatable bonds is 5. The van der Waals surface area contributed by atoms with E-state index in [4.69, 9.17) is 16.6 Å². The van der Waals surface area contributed by atoms with Gasteiger partial charge in [0.2, 0.25) is 0 Å². The highest BCUT2D eigenvalue weighted by Gasteiger charge is 2.22. The highest BCUT2D eigenvalue weighted by Crippen LogP contribution is 2.31. The quantitative estimate of drug-likeness (QED) is 0.276. The maximum atomic E-state index is 6.49. The van der Waals surface area contributed by atoms with Gasteiger partial charge in [-0.2, -0.15) is 9.61 Å². The molecule has 0 bridgehead atoms. The number of halogens is 2. The number of benzene rings is 2. The van der Waals surface area contributed by atoms with Crippen LogP contribution in [0.5, 0.6) is 0 Å². The van der Waals surface area contributed by atoms with Crippen LogP contribution in [0.2, 0.25) is 5.02 Å².